The molecule has 0 radical (unpaired) electrons. The molecule has 1 aliphatic carbocycles. The third kappa shape index (κ3) is 2.30. The zero-order chi connectivity index (χ0) is 16.6. The average molecular weight is 318 g/mol. The third-order valence-corrected chi connectivity index (χ3v) is 5.17. The number of benzene rings is 4. The van der Waals surface area contributed by atoms with E-state index in [1.54, 1.807) is 0 Å². The summed E-state index contributed by atoms with van der Waals surface area (Å²) in [6.07, 6.45) is 1.00. The summed E-state index contributed by atoms with van der Waals surface area (Å²) in [6, 6.07) is 34.9. The van der Waals surface area contributed by atoms with Crippen molar-refractivity contribution in [2.45, 2.75) is 6.42 Å². The van der Waals surface area contributed by atoms with Gasteiger partial charge in [0.1, 0.15) is 0 Å². The molecule has 1 aliphatic rings. The predicted molar refractivity (Wildman–Crippen MR) is 106 cm³/mol. The van der Waals surface area contributed by atoms with Gasteiger partial charge in [0, 0.05) is 0 Å². The van der Waals surface area contributed by atoms with E-state index >= 15 is 0 Å². The molecule has 0 unspecified atom stereocenters. The highest BCUT2D eigenvalue weighted by Crippen LogP contribution is 2.44. The van der Waals surface area contributed by atoms with Crippen molar-refractivity contribution in [1.82, 2.24) is 0 Å². The summed E-state index contributed by atoms with van der Waals surface area (Å²) in [5.41, 5.74) is 11.0. The zero-order valence-electron chi connectivity index (χ0n) is 13.9. The van der Waals surface area contributed by atoms with E-state index < -0.39 is 0 Å². The molecule has 5 rings (SSSR count). The Hall–Kier alpha value is -3.12. The Balaban J connectivity index is 1.70. The minimum absolute atomic E-state index is 1.00. The molecule has 0 heteroatoms. The van der Waals surface area contributed by atoms with Gasteiger partial charge in [0.25, 0.3) is 0 Å². The Morgan fingerprint density at radius 3 is 1.20 bits per heavy atom. The summed E-state index contributed by atoms with van der Waals surface area (Å²) >= 11 is 0. The maximum absolute atomic E-state index is 2.27. The fourth-order valence-electron chi connectivity index (χ4n) is 4.01. The van der Waals surface area contributed by atoms with Gasteiger partial charge >= 0.3 is 0 Å². The summed E-state index contributed by atoms with van der Waals surface area (Å²) < 4.78 is 0. The molecule has 0 atom stereocenters. The van der Waals surface area contributed by atoms with E-state index in [-0.39, 0.29) is 0 Å². The summed E-state index contributed by atoms with van der Waals surface area (Å²) in [7, 11) is 0. The van der Waals surface area contributed by atoms with E-state index in [0.717, 1.165) is 6.42 Å². The third-order valence-electron chi connectivity index (χ3n) is 5.17. The molecule has 118 valence electrons. The first-order valence-corrected chi connectivity index (χ1v) is 8.77. The highest BCUT2D eigenvalue weighted by Gasteiger charge is 2.23. The van der Waals surface area contributed by atoms with Crippen LogP contribution in [0.1, 0.15) is 11.1 Å². The van der Waals surface area contributed by atoms with Crippen molar-refractivity contribution in [3.05, 3.63) is 108 Å². The Morgan fingerprint density at radius 1 is 0.360 bits per heavy atom. The second-order valence-corrected chi connectivity index (χ2v) is 6.57. The van der Waals surface area contributed by atoms with Gasteiger partial charge in [-0.1, -0.05) is 97.1 Å². The summed E-state index contributed by atoms with van der Waals surface area (Å²) in [4.78, 5) is 0. The standard InChI is InChI=1S/C25H18/c1-3-9-18(10-4-1)20-13-7-15-22-23-16-8-14-21(25(23)17-24(20)22)19-11-5-2-6-12-19/h1-16H,17H2. The molecule has 0 saturated carbocycles. The van der Waals surface area contributed by atoms with Gasteiger partial charge in [-0.3, -0.25) is 0 Å². The number of fused-ring (bicyclic) bond motifs is 3. The zero-order valence-corrected chi connectivity index (χ0v) is 13.9. The van der Waals surface area contributed by atoms with Crippen molar-refractivity contribution in [2.75, 3.05) is 0 Å². The van der Waals surface area contributed by atoms with Crippen LogP contribution in [0.2, 0.25) is 0 Å². The first kappa shape index (κ1) is 14.2. The highest BCUT2D eigenvalue weighted by molar-refractivity contribution is 5.89. The summed E-state index contributed by atoms with van der Waals surface area (Å²) in [5, 5.41) is 0. The molecule has 0 fully saturated rings. The topological polar surface area (TPSA) is 0 Å². The number of hydrogen-bond acceptors (Lipinski definition) is 0. The lowest BCUT2D eigenvalue weighted by atomic mass is 9.95. The van der Waals surface area contributed by atoms with Crippen molar-refractivity contribution in [2.24, 2.45) is 0 Å². The van der Waals surface area contributed by atoms with Crippen LogP contribution in [0.15, 0.2) is 97.1 Å². The van der Waals surface area contributed by atoms with Crippen LogP contribution >= 0.6 is 0 Å². The largest absolute Gasteiger partial charge is 0.0622 e. The lowest BCUT2D eigenvalue weighted by molar-refractivity contribution is 1.26. The van der Waals surface area contributed by atoms with Crippen molar-refractivity contribution in [3.63, 3.8) is 0 Å². The molecule has 4 aromatic carbocycles. The van der Waals surface area contributed by atoms with Gasteiger partial charge < -0.3 is 0 Å². The van der Waals surface area contributed by atoms with E-state index in [4.69, 9.17) is 0 Å². The Kier molecular flexibility index (Phi) is 3.28. The van der Waals surface area contributed by atoms with E-state index in [0.29, 0.717) is 0 Å². The first-order chi connectivity index (χ1) is 12.4. The molecule has 25 heavy (non-hydrogen) atoms. The van der Waals surface area contributed by atoms with Crippen molar-refractivity contribution in [3.8, 4) is 33.4 Å². The molecule has 0 nitrogen and oxygen atoms in total. The highest BCUT2D eigenvalue weighted by atomic mass is 14.3. The van der Waals surface area contributed by atoms with Crippen molar-refractivity contribution in [1.29, 1.82) is 0 Å². The molecule has 0 spiro atoms. The molecule has 0 N–H and O–H groups in total. The maximum Gasteiger partial charge on any atom is -0.000112 e. The number of hydrogen-bond donors (Lipinski definition) is 0. The smallest absolute Gasteiger partial charge is 0.000112 e. The second-order valence-electron chi connectivity index (χ2n) is 6.57. The van der Waals surface area contributed by atoms with Crippen LogP contribution < -0.4 is 0 Å². The molecule has 0 saturated heterocycles. The number of rotatable bonds is 2. The van der Waals surface area contributed by atoms with Crippen LogP contribution in [0.5, 0.6) is 0 Å². The molecular weight excluding hydrogens is 300 g/mol. The monoisotopic (exact) mass is 318 g/mol. The molecule has 4 aromatic rings. The van der Waals surface area contributed by atoms with Gasteiger partial charge in [0.2, 0.25) is 0 Å². The van der Waals surface area contributed by atoms with Crippen molar-refractivity contribution < 1.29 is 0 Å². The van der Waals surface area contributed by atoms with Crippen LogP contribution in [-0.2, 0) is 6.42 Å². The van der Waals surface area contributed by atoms with Gasteiger partial charge in [-0.2, -0.15) is 0 Å². The normalized spacial score (nSPS) is 11.8. The Labute approximate surface area is 148 Å². The van der Waals surface area contributed by atoms with Gasteiger partial charge in [-0.05, 0) is 50.9 Å². The predicted octanol–water partition coefficient (Wildman–Crippen LogP) is 6.59. The Bertz CT molecular complexity index is 957. The molecule has 0 amide bonds. The van der Waals surface area contributed by atoms with Crippen LogP contribution in [0.4, 0.5) is 0 Å². The maximum atomic E-state index is 2.27. The lowest BCUT2D eigenvalue weighted by Crippen LogP contribution is -1.89. The van der Waals surface area contributed by atoms with Crippen LogP contribution in [0.25, 0.3) is 33.4 Å². The second kappa shape index (κ2) is 5.75. The van der Waals surface area contributed by atoms with E-state index in [2.05, 4.69) is 97.1 Å². The molecule has 0 aliphatic heterocycles. The molecule has 0 bridgehead atoms. The lowest BCUT2D eigenvalue weighted by Gasteiger charge is -2.08. The van der Waals surface area contributed by atoms with E-state index in [9.17, 15) is 0 Å². The first-order valence-electron chi connectivity index (χ1n) is 8.77. The van der Waals surface area contributed by atoms with Crippen molar-refractivity contribution >= 4 is 0 Å². The van der Waals surface area contributed by atoms with Crippen LogP contribution in [-0.4, -0.2) is 0 Å². The van der Waals surface area contributed by atoms with Crippen LogP contribution in [0, 0.1) is 0 Å². The SMILES string of the molecule is c1ccc(-c2cccc3c2Cc2c(-c4ccccc4)cccc2-3)cc1. The summed E-state index contributed by atoms with van der Waals surface area (Å²) in [5.74, 6) is 0. The quantitative estimate of drug-likeness (QED) is 0.344. The minimum Gasteiger partial charge on any atom is -0.0622 e. The van der Waals surface area contributed by atoms with E-state index in [1.807, 2.05) is 0 Å². The average Bonchev–Trinajstić information content (AvgIpc) is 3.08. The fourth-order valence-corrected chi connectivity index (χ4v) is 4.01. The van der Waals surface area contributed by atoms with Gasteiger partial charge in [-0.25, -0.2) is 0 Å². The molecule has 0 aromatic heterocycles. The van der Waals surface area contributed by atoms with Gasteiger partial charge in [0.15, 0.2) is 0 Å². The fraction of sp³-hybridized carbons (Fsp3) is 0.0400. The summed E-state index contributed by atoms with van der Waals surface area (Å²) in [6.45, 7) is 0. The molecule has 0 heterocycles. The molecular formula is C25H18. The van der Waals surface area contributed by atoms with E-state index in [1.165, 1.54) is 44.5 Å². The van der Waals surface area contributed by atoms with Gasteiger partial charge in [0.05, 0.1) is 0 Å². The Morgan fingerprint density at radius 2 is 0.760 bits per heavy atom. The van der Waals surface area contributed by atoms with Crippen LogP contribution in [0.3, 0.4) is 0 Å². The van der Waals surface area contributed by atoms with Gasteiger partial charge in [-0.15, -0.1) is 0 Å². The minimum atomic E-state index is 1.00.